The van der Waals surface area contributed by atoms with Crippen molar-refractivity contribution in [2.24, 2.45) is 50.2 Å². The van der Waals surface area contributed by atoms with E-state index in [-0.39, 0.29) is 56.6 Å². The molecule has 0 spiro atoms. The third-order valence-electron chi connectivity index (χ3n) is 13.3. The number of hydrogen-bond donors (Lipinski definition) is 0. The highest BCUT2D eigenvalue weighted by Gasteiger charge is 2.72. The van der Waals surface area contributed by atoms with Crippen LogP contribution in [0.1, 0.15) is 106 Å². The summed E-state index contributed by atoms with van der Waals surface area (Å²) >= 11 is 0. The summed E-state index contributed by atoms with van der Waals surface area (Å²) in [6, 6.07) is 0. The molecule has 0 aromatic heterocycles. The maximum Gasteiger partial charge on any atom is 0.312 e. The Morgan fingerprint density at radius 2 is 1.46 bits per heavy atom. The summed E-state index contributed by atoms with van der Waals surface area (Å²) in [5.74, 6) is 0.392. The first-order valence-corrected chi connectivity index (χ1v) is 14.0. The van der Waals surface area contributed by atoms with Crippen LogP contribution in [0.15, 0.2) is 11.6 Å². The van der Waals surface area contributed by atoms with Crippen molar-refractivity contribution in [2.75, 3.05) is 7.11 Å². The van der Waals surface area contributed by atoms with Gasteiger partial charge < -0.3 is 4.74 Å². The Hall–Kier alpha value is -1.45. The zero-order valence-electron chi connectivity index (χ0n) is 23.3. The van der Waals surface area contributed by atoms with Gasteiger partial charge in [0.1, 0.15) is 5.78 Å². The molecule has 5 rings (SSSR count). The first-order chi connectivity index (χ1) is 16.1. The zero-order chi connectivity index (χ0) is 25.8. The molecule has 0 saturated heterocycles. The number of rotatable bonds is 1. The minimum Gasteiger partial charge on any atom is -0.469 e. The Kier molecular flexibility index (Phi) is 5.27. The predicted molar refractivity (Wildman–Crippen MR) is 136 cm³/mol. The maximum atomic E-state index is 14.3. The molecule has 5 aliphatic carbocycles. The first-order valence-electron chi connectivity index (χ1n) is 14.0. The molecule has 5 aliphatic rings. The van der Waals surface area contributed by atoms with E-state index in [9.17, 15) is 14.4 Å². The van der Waals surface area contributed by atoms with Gasteiger partial charge >= 0.3 is 5.97 Å². The molecular formula is C31H46O4. The second-order valence-electron chi connectivity index (χ2n) is 14.7. The summed E-state index contributed by atoms with van der Waals surface area (Å²) in [7, 11) is 1.51. The highest BCUT2D eigenvalue weighted by Crippen LogP contribution is 2.76. The number of methoxy groups -OCH3 is 1. The molecule has 4 heteroatoms. The van der Waals surface area contributed by atoms with Crippen LogP contribution in [0.3, 0.4) is 0 Å². The molecule has 0 radical (unpaired) electrons. The Balaban J connectivity index is 1.67. The molecule has 4 fully saturated rings. The summed E-state index contributed by atoms with van der Waals surface area (Å²) in [6.45, 7) is 16.2. The molecule has 0 N–H and O–H groups in total. The van der Waals surface area contributed by atoms with Crippen molar-refractivity contribution in [1.29, 1.82) is 0 Å². The van der Waals surface area contributed by atoms with Crippen molar-refractivity contribution in [3.8, 4) is 0 Å². The fraction of sp³-hybridized carbons (Fsp3) is 0.839. The normalized spacial score (nSPS) is 50.7. The number of ether oxygens (including phenoxy) is 1. The van der Waals surface area contributed by atoms with Gasteiger partial charge in [-0.2, -0.15) is 0 Å². The Morgan fingerprint density at radius 1 is 0.857 bits per heavy atom. The summed E-state index contributed by atoms with van der Waals surface area (Å²) in [6.07, 6.45) is 9.90. The quantitative estimate of drug-likeness (QED) is 0.390. The number of esters is 1. The van der Waals surface area contributed by atoms with Crippen molar-refractivity contribution in [2.45, 2.75) is 106 Å². The van der Waals surface area contributed by atoms with Crippen LogP contribution in [0, 0.1) is 50.2 Å². The second-order valence-corrected chi connectivity index (χ2v) is 14.7. The van der Waals surface area contributed by atoms with Gasteiger partial charge in [-0.15, -0.1) is 0 Å². The van der Waals surface area contributed by atoms with Crippen molar-refractivity contribution < 1.29 is 19.1 Å². The third-order valence-corrected chi connectivity index (χ3v) is 13.3. The minimum absolute atomic E-state index is 0.0183. The lowest BCUT2D eigenvalue weighted by Crippen LogP contribution is -2.67. The SMILES string of the molecule is COC(=O)C12CCC(C)(C)CC1C1C(=O)C=C3C4(C)CCC(=O)C(C)C4(C)CCC3(C)C1(C)CC2. The topological polar surface area (TPSA) is 60.4 Å². The lowest BCUT2D eigenvalue weighted by atomic mass is 9.32. The van der Waals surface area contributed by atoms with E-state index < -0.39 is 5.41 Å². The number of Topliss-reactive ketones (excluding diaryl/α,β-unsaturated/α-hetero) is 1. The molecule has 0 aliphatic heterocycles. The monoisotopic (exact) mass is 482 g/mol. The molecular weight excluding hydrogens is 436 g/mol. The molecule has 4 saturated carbocycles. The molecule has 194 valence electrons. The summed E-state index contributed by atoms with van der Waals surface area (Å²) < 4.78 is 5.42. The van der Waals surface area contributed by atoms with Gasteiger partial charge in [0, 0.05) is 18.3 Å². The number of carbonyl (C=O) groups is 3. The highest BCUT2D eigenvalue weighted by atomic mass is 16.5. The van der Waals surface area contributed by atoms with Crippen molar-refractivity contribution >= 4 is 17.5 Å². The summed E-state index contributed by atoms with van der Waals surface area (Å²) in [4.78, 5) is 40.5. The van der Waals surface area contributed by atoms with Crippen LogP contribution >= 0.6 is 0 Å². The van der Waals surface area contributed by atoms with Gasteiger partial charge in [-0.1, -0.05) is 54.0 Å². The maximum absolute atomic E-state index is 14.3. The largest absolute Gasteiger partial charge is 0.469 e. The zero-order valence-corrected chi connectivity index (χ0v) is 23.3. The summed E-state index contributed by atoms with van der Waals surface area (Å²) in [5, 5.41) is 0. The smallest absolute Gasteiger partial charge is 0.312 e. The van der Waals surface area contributed by atoms with E-state index >= 15 is 0 Å². The van der Waals surface area contributed by atoms with E-state index in [4.69, 9.17) is 4.74 Å². The van der Waals surface area contributed by atoms with Crippen LogP contribution in [-0.4, -0.2) is 24.6 Å². The Bertz CT molecular complexity index is 1020. The van der Waals surface area contributed by atoms with E-state index in [0.717, 1.165) is 51.4 Å². The van der Waals surface area contributed by atoms with E-state index in [1.165, 1.54) is 12.7 Å². The minimum atomic E-state index is -0.537. The average Bonchev–Trinajstić information content (AvgIpc) is 2.80. The highest BCUT2D eigenvalue weighted by molar-refractivity contribution is 5.96. The average molecular weight is 483 g/mol. The van der Waals surface area contributed by atoms with Crippen LogP contribution < -0.4 is 0 Å². The molecule has 0 bridgehead atoms. The van der Waals surface area contributed by atoms with Crippen molar-refractivity contribution in [3.05, 3.63) is 11.6 Å². The lowest BCUT2D eigenvalue weighted by molar-refractivity contribution is -0.195. The molecule has 0 heterocycles. The molecule has 0 amide bonds. The number of fused-ring (bicyclic) bond motifs is 7. The van der Waals surface area contributed by atoms with Gasteiger partial charge in [0.15, 0.2) is 5.78 Å². The van der Waals surface area contributed by atoms with Gasteiger partial charge in [-0.3, -0.25) is 14.4 Å². The number of ketones is 2. The van der Waals surface area contributed by atoms with Crippen LogP contribution in [0.25, 0.3) is 0 Å². The number of allylic oxidation sites excluding steroid dienone is 2. The Labute approximate surface area is 212 Å². The molecule has 0 aromatic rings. The van der Waals surface area contributed by atoms with E-state index in [0.29, 0.717) is 12.2 Å². The lowest BCUT2D eigenvalue weighted by Gasteiger charge is -2.70. The van der Waals surface area contributed by atoms with Crippen LogP contribution in [0.5, 0.6) is 0 Å². The molecule has 4 nitrogen and oxygen atoms in total. The van der Waals surface area contributed by atoms with E-state index in [2.05, 4.69) is 48.5 Å². The third kappa shape index (κ3) is 2.89. The number of carbonyl (C=O) groups excluding carboxylic acids is 3. The Morgan fingerprint density at radius 3 is 2.11 bits per heavy atom. The van der Waals surface area contributed by atoms with Crippen LogP contribution in [0.4, 0.5) is 0 Å². The van der Waals surface area contributed by atoms with Crippen LogP contribution in [0.2, 0.25) is 0 Å². The van der Waals surface area contributed by atoms with Crippen molar-refractivity contribution in [3.63, 3.8) is 0 Å². The van der Waals surface area contributed by atoms with E-state index in [1.807, 2.05) is 6.08 Å². The molecule has 35 heavy (non-hydrogen) atoms. The van der Waals surface area contributed by atoms with Gasteiger partial charge in [-0.25, -0.2) is 0 Å². The second kappa shape index (κ2) is 7.32. The van der Waals surface area contributed by atoms with Gasteiger partial charge in [0.05, 0.1) is 12.5 Å². The molecule has 8 atom stereocenters. The van der Waals surface area contributed by atoms with Gasteiger partial charge in [0.25, 0.3) is 0 Å². The van der Waals surface area contributed by atoms with Crippen LogP contribution in [-0.2, 0) is 19.1 Å². The molecule has 0 aromatic carbocycles. The predicted octanol–water partition coefficient (Wildman–Crippen LogP) is 6.71. The fourth-order valence-corrected chi connectivity index (χ4v) is 10.2. The van der Waals surface area contributed by atoms with E-state index in [1.54, 1.807) is 0 Å². The van der Waals surface area contributed by atoms with Gasteiger partial charge in [0.2, 0.25) is 0 Å². The van der Waals surface area contributed by atoms with Crippen molar-refractivity contribution in [1.82, 2.24) is 0 Å². The molecule has 8 unspecified atom stereocenters. The summed E-state index contributed by atoms with van der Waals surface area (Å²) in [5.41, 5.74) is 0.311. The number of hydrogen-bond acceptors (Lipinski definition) is 4. The standard InChI is InChI=1S/C31H46O4/c1-19-21(32)9-10-28(5)23-17-22(33)24-20-18-26(2,3)11-15-31(20,25(34)35-8)16-14-30(24,7)29(23,6)13-12-27(19,28)4/h17,19-20,24H,9-16,18H2,1-8H3. The first kappa shape index (κ1) is 25.2. The van der Waals surface area contributed by atoms with Gasteiger partial charge in [-0.05, 0) is 90.4 Å². The fourth-order valence-electron chi connectivity index (χ4n) is 10.2.